The van der Waals surface area contributed by atoms with Gasteiger partial charge in [0.15, 0.2) is 5.96 Å². The second-order valence-electron chi connectivity index (χ2n) is 7.51. The number of rotatable bonds is 6. The number of nitrogens with two attached hydrogens (primary N) is 1. The van der Waals surface area contributed by atoms with Crippen LogP contribution in [0.25, 0.3) is 0 Å². The lowest BCUT2D eigenvalue weighted by atomic mass is 9.85. The summed E-state index contributed by atoms with van der Waals surface area (Å²) < 4.78 is 5.35. The highest BCUT2D eigenvalue weighted by Gasteiger charge is 2.21. The van der Waals surface area contributed by atoms with Crippen molar-refractivity contribution in [2.45, 2.75) is 51.7 Å². The van der Waals surface area contributed by atoms with E-state index in [1.807, 2.05) is 51.1 Å². The number of nitrogens with zero attached hydrogens (tertiary/aromatic N) is 1. The van der Waals surface area contributed by atoms with E-state index in [-0.39, 0.29) is 6.04 Å². The summed E-state index contributed by atoms with van der Waals surface area (Å²) in [6.07, 6.45) is 3.36. The van der Waals surface area contributed by atoms with Crippen molar-refractivity contribution in [3.05, 3.63) is 35.9 Å². The van der Waals surface area contributed by atoms with Gasteiger partial charge in [0.25, 0.3) is 0 Å². The zero-order valence-electron chi connectivity index (χ0n) is 15.4. The molecule has 2 rings (SSSR count). The summed E-state index contributed by atoms with van der Waals surface area (Å²) in [5.41, 5.74) is 6.37. The fourth-order valence-electron chi connectivity index (χ4n) is 2.56. The highest BCUT2D eigenvalue weighted by atomic mass is 16.6. The Morgan fingerprint density at radius 3 is 2.56 bits per heavy atom. The smallest absolute Gasteiger partial charge is 0.408 e. The van der Waals surface area contributed by atoms with E-state index in [0.29, 0.717) is 18.4 Å². The first-order valence-corrected chi connectivity index (χ1v) is 8.92. The van der Waals surface area contributed by atoms with Crippen molar-refractivity contribution in [2.75, 3.05) is 13.1 Å². The number of hydrogen-bond donors (Lipinski definition) is 3. The third-order valence-electron chi connectivity index (χ3n) is 4.13. The summed E-state index contributed by atoms with van der Waals surface area (Å²) in [4.78, 5) is 16.5. The predicted octanol–water partition coefficient (Wildman–Crippen LogP) is 2.96. The maximum Gasteiger partial charge on any atom is 0.408 e. The number of guanidine groups is 1. The normalized spacial score (nSPS) is 16.7. The van der Waals surface area contributed by atoms with Crippen LogP contribution in [0.3, 0.4) is 0 Å². The maximum atomic E-state index is 12.1. The number of aliphatic imine (C=N–C) groups is 1. The molecule has 6 nitrogen and oxygen atoms in total. The zero-order chi connectivity index (χ0) is 18.3. The van der Waals surface area contributed by atoms with Crippen LogP contribution in [0.5, 0.6) is 0 Å². The van der Waals surface area contributed by atoms with Crippen molar-refractivity contribution < 1.29 is 9.53 Å². The van der Waals surface area contributed by atoms with Gasteiger partial charge >= 0.3 is 6.09 Å². The minimum Gasteiger partial charge on any atom is -0.444 e. The van der Waals surface area contributed by atoms with Crippen LogP contribution >= 0.6 is 0 Å². The van der Waals surface area contributed by atoms with Gasteiger partial charge in [0.05, 0.1) is 12.6 Å². The Balaban J connectivity index is 1.95. The second kappa shape index (κ2) is 8.74. The first kappa shape index (κ1) is 19.1. The number of nitrogens with one attached hydrogen (secondary N) is 2. The molecule has 0 saturated heterocycles. The summed E-state index contributed by atoms with van der Waals surface area (Å²) in [5, 5.41) is 6.05. The van der Waals surface area contributed by atoms with E-state index in [1.54, 1.807) is 0 Å². The molecule has 0 aromatic heterocycles. The highest BCUT2D eigenvalue weighted by molar-refractivity contribution is 5.78. The van der Waals surface area contributed by atoms with Gasteiger partial charge in [0.1, 0.15) is 5.60 Å². The summed E-state index contributed by atoms with van der Waals surface area (Å²) in [6, 6.07) is 9.42. The average Bonchev–Trinajstić information content (AvgIpc) is 2.49. The molecule has 1 amide bonds. The van der Waals surface area contributed by atoms with Crippen LogP contribution in [-0.4, -0.2) is 30.7 Å². The Kier molecular flexibility index (Phi) is 6.67. The molecule has 0 aliphatic heterocycles. The van der Waals surface area contributed by atoms with Gasteiger partial charge in [-0.2, -0.15) is 0 Å². The molecule has 1 atom stereocenters. The molecule has 0 spiro atoms. The van der Waals surface area contributed by atoms with Gasteiger partial charge in [0, 0.05) is 6.54 Å². The van der Waals surface area contributed by atoms with Crippen LogP contribution in [0.2, 0.25) is 0 Å². The Hall–Kier alpha value is -2.24. The minimum absolute atomic E-state index is 0.292. The van der Waals surface area contributed by atoms with E-state index < -0.39 is 11.7 Å². The number of amides is 1. The summed E-state index contributed by atoms with van der Waals surface area (Å²) >= 11 is 0. The number of alkyl carbamates (subject to hydrolysis) is 1. The fraction of sp³-hybridized carbons (Fsp3) is 0.579. The van der Waals surface area contributed by atoms with Crippen molar-refractivity contribution in [2.24, 2.45) is 16.6 Å². The van der Waals surface area contributed by atoms with Crippen molar-refractivity contribution in [1.29, 1.82) is 0 Å². The average molecular weight is 346 g/mol. The van der Waals surface area contributed by atoms with E-state index in [1.165, 1.54) is 19.3 Å². The van der Waals surface area contributed by atoms with Gasteiger partial charge in [-0.05, 0) is 45.1 Å². The van der Waals surface area contributed by atoms with Crippen LogP contribution in [0.15, 0.2) is 35.3 Å². The largest absolute Gasteiger partial charge is 0.444 e. The number of hydrogen-bond acceptors (Lipinski definition) is 3. The zero-order valence-corrected chi connectivity index (χ0v) is 15.4. The highest BCUT2D eigenvalue weighted by Crippen LogP contribution is 2.25. The molecule has 4 N–H and O–H groups in total. The lowest BCUT2D eigenvalue weighted by Crippen LogP contribution is -2.39. The molecule has 25 heavy (non-hydrogen) atoms. The van der Waals surface area contributed by atoms with Crippen LogP contribution in [-0.2, 0) is 4.74 Å². The molecule has 6 heteroatoms. The summed E-state index contributed by atoms with van der Waals surface area (Å²) in [6.45, 7) is 6.73. The molecule has 1 aromatic rings. The van der Waals surface area contributed by atoms with Crippen LogP contribution in [0.1, 0.15) is 51.6 Å². The van der Waals surface area contributed by atoms with Gasteiger partial charge in [-0.3, -0.25) is 4.99 Å². The molecule has 1 unspecified atom stereocenters. The maximum absolute atomic E-state index is 12.1. The van der Waals surface area contributed by atoms with Crippen LogP contribution in [0.4, 0.5) is 4.79 Å². The number of carbonyl (C=O) groups excluding carboxylic acids is 1. The second-order valence-corrected chi connectivity index (χ2v) is 7.51. The number of ether oxygens (including phenoxy) is 1. The summed E-state index contributed by atoms with van der Waals surface area (Å²) in [7, 11) is 0. The monoisotopic (exact) mass is 346 g/mol. The van der Waals surface area contributed by atoms with Crippen LogP contribution in [0, 0.1) is 5.92 Å². The minimum atomic E-state index is -0.544. The van der Waals surface area contributed by atoms with Gasteiger partial charge in [-0.15, -0.1) is 0 Å². The topological polar surface area (TPSA) is 88.7 Å². The Bertz CT molecular complexity index is 577. The van der Waals surface area contributed by atoms with Crippen molar-refractivity contribution in [1.82, 2.24) is 10.6 Å². The molecule has 1 fully saturated rings. The van der Waals surface area contributed by atoms with Gasteiger partial charge in [0.2, 0.25) is 0 Å². The molecule has 0 bridgehead atoms. The number of carbonyl (C=O) groups is 1. The van der Waals surface area contributed by atoms with E-state index >= 15 is 0 Å². The van der Waals surface area contributed by atoms with Crippen molar-refractivity contribution in [3.63, 3.8) is 0 Å². The molecule has 0 heterocycles. The molecule has 1 aliphatic carbocycles. The third kappa shape index (κ3) is 7.03. The molecule has 1 aromatic carbocycles. The Labute approximate surface area is 150 Å². The molecule has 0 radical (unpaired) electrons. The molecular weight excluding hydrogens is 316 g/mol. The lowest BCUT2D eigenvalue weighted by Gasteiger charge is -2.25. The Morgan fingerprint density at radius 2 is 2.00 bits per heavy atom. The predicted molar refractivity (Wildman–Crippen MR) is 100 cm³/mol. The van der Waals surface area contributed by atoms with Crippen molar-refractivity contribution in [3.8, 4) is 0 Å². The molecule has 1 saturated carbocycles. The Morgan fingerprint density at radius 1 is 1.32 bits per heavy atom. The molecular formula is C19H30N4O2. The first-order chi connectivity index (χ1) is 11.8. The van der Waals surface area contributed by atoms with Crippen LogP contribution < -0.4 is 16.4 Å². The third-order valence-corrected chi connectivity index (χ3v) is 4.13. The molecule has 1 aliphatic rings. The standard InChI is InChI=1S/C19H30N4O2/c1-19(2,3)25-18(24)23-16(15-10-5-4-6-11-15)13-22-17(20)21-12-14-8-7-9-14/h4-6,10-11,14,16H,7-9,12-13H2,1-3H3,(H,23,24)(H3,20,21,22). The van der Waals surface area contributed by atoms with Gasteiger partial charge < -0.3 is 21.1 Å². The molecule has 138 valence electrons. The quantitative estimate of drug-likeness (QED) is 0.546. The SMILES string of the molecule is CC(C)(C)OC(=O)NC(CN=C(N)NCC1CCC1)c1ccccc1. The van der Waals surface area contributed by atoms with E-state index in [4.69, 9.17) is 10.5 Å². The van der Waals surface area contributed by atoms with Gasteiger partial charge in [-0.1, -0.05) is 36.8 Å². The van der Waals surface area contributed by atoms with Gasteiger partial charge in [-0.25, -0.2) is 4.79 Å². The summed E-state index contributed by atoms with van der Waals surface area (Å²) in [5.74, 6) is 1.12. The van der Waals surface area contributed by atoms with E-state index in [0.717, 1.165) is 12.1 Å². The fourth-order valence-corrected chi connectivity index (χ4v) is 2.56. The van der Waals surface area contributed by atoms with Crippen molar-refractivity contribution >= 4 is 12.1 Å². The van der Waals surface area contributed by atoms with E-state index in [2.05, 4.69) is 15.6 Å². The number of benzene rings is 1. The lowest BCUT2D eigenvalue weighted by molar-refractivity contribution is 0.0505. The van der Waals surface area contributed by atoms with E-state index in [9.17, 15) is 4.79 Å². The first-order valence-electron chi connectivity index (χ1n) is 8.92.